The monoisotopic (exact) mass is 497 g/mol. The number of rotatable bonds is 5. The molecule has 0 radical (unpaired) electrons. The van der Waals surface area contributed by atoms with Crippen LogP contribution < -0.4 is 21.7 Å². The van der Waals surface area contributed by atoms with E-state index >= 15 is 0 Å². The fourth-order valence-electron chi connectivity index (χ4n) is 3.96. The molecule has 0 unspecified atom stereocenters. The average molecular weight is 497 g/mol. The van der Waals surface area contributed by atoms with Crippen molar-refractivity contribution in [2.24, 2.45) is 5.73 Å². The highest BCUT2D eigenvalue weighted by Crippen LogP contribution is 2.35. The smallest absolute Gasteiger partial charge is 0.382 e. The quantitative estimate of drug-likeness (QED) is 0.481. The van der Waals surface area contributed by atoms with Crippen LogP contribution in [-0.4, -0.2) is 44.5 Å². The maximum atomic E-state index is 13.4. The van der Waals surface area contributed by atoms with Crippen molar-refractivity contribution >= 4 is 23.2 Å². The molecule has 0 aliphatic carbocycles. The maximum Gasteiger partial charge on any atom is 0.418 e. The molecule has 0 saturated carbocycles. The molecular weight excluding hydrogens is 475 g/mol. The number of nitrogens with one attached hydrogen (secondary N) is 1. The van der Waals surface area contributed by atoms with Crippen molar-refractivity contribution in [3.8, 4) is 17.5 Å². The first-order valence-electron chi connectivity index (χ1n) is 10.9. The number of aromatic nitrogens is 4. The Labute approximate surface area is 204 Å². The zero-order chi connectivity index (χ0) is 25.9. The molecule has 13 heteroatoms. The summed E-state index contributed by atoms with van der Waals surface area (Å²) < 4.78 is 40.3. The molecule has 1 fully saturated rings. The standard InChI is InChI=1S/C23H22F3N9O/c24-23(25,26)14-3-1-9-30-17(14)15-13-32-19(28)18(33-15)21(36)34-20-16(4-2-10-31-20)35-11-6-22(29,5-8-27)7-12-35/h1-4,9-10,13H,5-7,11-12,29H2,(H2,28,32)(H,31,34,36). The number of carbonyl (C=O) groups is 1. The van der Waals surface area contributed by atoms with Crippen LogP contribution >= 0.6 is 0 Å². The molecule has 36 heavy (non-hydrogen) atoms. The van der Waals surface area contributed by atoms with Crippen molar-refractivity contribution < 1.29 is 18.0 Å². The van der Waals surface area contributed by atoms with Gasteiger partial charge in [-0.05, 0) is 37.1 Å². The summed E-state index contributed by atoms with van der Waals surface area (Å²) in [6.45, 7) is 1.09. The van der Waals surface area contributed by atoms with Crippen molar-refractivity contribution in [3.05, 3.63) is 54.1 Å². The Hall–Kier alpha value is -4.31. The molecule has 1 saturated heterocycles. The first-order chi connectivity index (χ1) is 17.1. The summed E-state index contributed by atoms with van der Waals surface area (Å²) in [5.41, 5.74) is 10.1. The Morgan fingerprint density at radius 2 is 1.86 bits per heavy atom. The van der Waals surface area contributed by atoms with Gasteiger partial charge in [-0.2, -0.15) is 18.4 Å². The number of nitrogen functional groups attached to an aromatic ring is 1. The van der Waals surface area contributed by atoms with Crippen LogP contribution in [0.1, 0.15) is 35.3 Å². The van der Waals surface area contributed by atoms with E-state index in [0.29, 0.717) is 31.6 Å². The normalized spacial score (nSPS) is 15.2. The second kappa shape index (κ2) is 9.74. The molecule has 4 heterocycles. The molecule has 5 N–H and O–H groups in total. The fraction of sp³-hybridized carbons (Fsp3) is 0.304. The van der Waals surface area contributed by atoms with Crippen molar-refractivity contribution in [3.63, 3.8) is 0 Å². The van der Waals surface area contributed by atoms with Gasteiger partial charge >= 0.3 is 6.18 Å². The number of nitrogens with two attached hydrogens (primary N) is 2. The zero-order valence-corrected chi connectivity index (χ0v) is 19.0. The molecule has 3 aromatic heterocycles. The highest BCUT2D eigenvalue weighted by Gasteiger charge is 2.35. The Morgan fingerprint density at radius 1 is 1.17 bits per heavy atom. The molecule has 0 atom stereocenters. The van der Waals surface area contributed by atoms with E-state index in [9.17, 15) is 18.0 Å². The third-order valence-electron chi connectivity index (χ3n) is 5.92. The minimum absolute atomic E-state index is 0.215. The number of anilines is 3. The van der Waals surface area contributed by atoms with E-state index < -0.39 is 28.9 Å². The molecule has 4 rings (SSSR count). The third-order valence-corrected chi connectivity index (χ3v) is 5.92. The molecule has 1 amide bonds. The van der Waals surface area contributed by atoms with Crippen molar-refractivity contribution in [1.82, 2.24) is 19.9 Å². The second-order valence-electron chi connectivity index (χ2n) is 8.40. The number of piperidine rings is 1. The Balaban J connectivity index is 1.60. The predicted molar refractivity (Wildman–Crippen MR) is 125 cm³/mol. The van der Waals surface area contributed by atoms with Crippen LogP contribution in [0.4, 0.5) is 30.5 Å². The van der Waals surface area contributed by atoms with E-state index in [4.69, 9.17) is 16.7 Å². The Kier molecular flexibility index (Phi) is 6.71. The molecule has 3 aromatic rings. The lowest BCUT2D eigenvalue weighted by Gasteiger charge is -2.39. The number of carbonyl (C=O) groups excluding carboxylic acids is 1. The first-order valence-corrected chi connectivity index (χ1v) is 10.9. The molecule has 10 nitrogen and oxygen atoms in total. The van der Waals surface area contributed by atoms with Gasteiger partial charge in [-0.15, -0.1) is 0 Å². The molecular formula is C23H22F3N9O. The number of pyridine rings is 2. The summed E-state index contributed by atoms with van der Waals surface area (Å²) in [7, 11) is 0. The second-order valence-corrected chi connectivity index (χ2v) is 8.40. The van der Waals surface area contributed by atoms with Crippen LogP contribution in [0.5, 0.6) is 0 Å². The van der Waals surface area contributed by atoms with Crippen LogP contribution in [0.3, 0.4) is 0 Å². The van der Waals surface area contributed by atoms with Gasteiger partial charge < -0.3 is 21.7 Å². The SMILES string of the molecule is N#CCC1(N)CCN(c2cccnc2NC(=O)c2nc(-c3ncccc3C(F)(F)F)cnc2N)CC1. The van der Waals surface area contributed by atoms with Crippen LogP contribution in [0.25, 0.3) is 11.4 Å². The predicted octanol–water partition coefficient (Wildman–Crippen LogP) is 3.00. The number of amides is 1. The van der Waals surface area contributed by atoms with Gasteiger partial charge in [-0.25, -0.2) is 15.0 Å². The lowest BCUT2D eigenvalue weighted by Crippen LogP contribution is -2.50. The third kappa shape index (κ3) is 5.18. The van der Waals surface area contributed by atoms with Gasteiger partial charge in [0.05, 0.1) is 29.9 Å². The largest absolute Gasteiger partial charge is 0.418 e. The van der Waals surface area contributed by atoms with Crippen LogP contribution in [0.15, 0.2) is 42.9 Å². The van der Waals surface area contributed by atoms with Crippen LogP contribution in [0.2, 0.25) is 0 Å². The number of nitrogens with zero attached hydrogens (tertiary/aromatic N) is 6. The highest BCUT2D eigenvalue weighted by atomic mass is 19.4. The van der Waals surface area contributed by atoms with Crippen LogP contribution in [-0.2, 0) is 6.18 Å². The van der Waals surface area contributed by atoms with E-state index in [-0.39, 0.29) is 29.4 Å². The summed E-state index contributed by atoms with van der Waals surface area (Å²) in [5, 5.41) is 11.6. The number of nitriles is 1. The molecule has 0 spiro atoms. The topological polar surface area (TPSA) is 160 Å². The van der Waals surface area contributed by atoms with E-state index in [1.807, 2.05) is 4.90 Å². The molecule has 1 aliphatic rings. The maximum absolute atomic E-state index is 13.4. The first kappa shape index (κ1) is 24.8. The van der Waals surface area contributed by atoms with Gasteiger partial charge in [0, 0.05) is 31.0 Å². The van der Waals surface area contributed by atoms with E-state index in [1.54, 1.807) is 12.1 Å². The number of halogens is 3. The molecule has 1 aliphatic heterocycles. The molecule has 0 aromatic carbocycles. The van der Waals surface area contributed by atoms with Gasteiger partial charge in [0.25, 0.3) is 5.91 Å². The minimum Gasteiger partial charge on any atom is -0.382 e. The summed E-state index contributed by atoms with van der Waals surface area (Å²) in [6, 6.07) is 7.62. The summed E-state index contributed by atoms with van der Waals surface area (Å²) >= 11 is 0. The van der Waals surface area contributed by atoms with E-state index in [0.717, 1.165) is 18.3 Å². The average Bonchev–Trinajstić information content (AvgIpc) is 2.85. The minimum atomic E-state index is -4.68. The lowest BCUT2D eigenvalue weighted by atomic mass is 9.86. The fourth-order valence-corrected chi connectivity index (χ4v) is 3.96. The van der Waals surface area contributed by atoms with Gasteiger partial charge in [0.1, 0.15) is 11.4 Å². The van der Waals surface area contributed by atoms with Crippen LogP contribution in [0, 0.1) is 11.3 Å². The summed E-state index contributed by atoms with van der Waals surface area (Å²) in [5.74, 6) is -0.839. The van der Waals surface area contributed by atoms with Gasteiger partial charge in [0.15, 0.2) is 17.3 Å². The van der Waals surface area contributed by atoms with Gasteiger partial charge in [0.2, 0.25) is 0 Å². The van der Waals surface area contributed by atoms with Crippen molar-refractivity contribution in [1.29, 1.82) is 5.26 Å². The van der Waals surface area contributed by atoms with Crippen molar-refractivity contribution in [2.45, 2.75) is 31.0 Å². The summed E-state index contributed by atoms with van der Waals surface area (Å²) in [4.78, 5) is 31.0. The lowest BCUT2D eigenvalue weighted by molar-refractivity contribution is -0.137. The van der Waals surface area contributed by atoms with E-state index in [2.05, 4.69) is 31.3 Å². The van der Waals surface area contributed by atoms with Gasteiger partial charge in [-0.1, -0.05) is 0 Å². The van der Waals surface area contributed by atoms with Gasteiger partial charge in [-0.3, -0.25) is 9.78 Å². The number of hydrogen-bond donors (Lipinski definition) is 3. The number of hydrogen-bond acceptors (Lipinski definition) is 9. The van der Waals surface area contributed by atoms with E-state index in [1.165, 1.54) is 12.4 Å². The summed E-state index contributed by atoms with van der Waals surface area (Å²) in [6.07, 6.45) is 0.432. The zero-order valence-electron chi connectivity index (χ0n) is 19.0. The van der Waals surface area contributed by atoms with Crippen molar-refractivity contribution in [2.75, 3.05) is 29.0 Å². The Morgan fingerprint density at radius 3 is 2.56 bits per heavy atom. The molecule has 186 valence electrons. The highest BCUT2D eigenvalue weighted by molar-refractivity contribution is 6.06. The Bertz CT molecular complexity index is 1310. The number of alkyl halides is 3. The molecule has 0 bridgehead atoms.